The van der Waals surface area contributed by atoms with E-state index in [0.717, 1.165) is 25.3 Å². The van der Waals surface area contributed by atoms with Crippen LogP contribution < -0.4 is 0 Å². The van der Waals surface area contributed by atoms with Gasteiger partial charge >= 0.3 is 12.1 Å². The van der Waals surface area contributed by atoms with Crippen LogP contribution in [0.15, 0.2) is 18.2 Å². The maximum Gasteiger partial charge on any atom is 0.419 e. The second-order valence-electron chi connectivity index (χ2n) is 5.45. The van der Waals surface area contributed by atoms with Crippen LogP contribution >= 0.6 is 0 Å². The lowest BCUT2D eigenvalue weighted by Crippen LogP contribution is -2.12. The minimum atomic E-state index is -4.83. The lowest BCUT2D eigenvalue weighted by Gasteiger charge is -2.10. The van der Waals surface area contributed by atoms with Crippen LogP contribution in [0, 0.1) is 5.82 Å². The van der Waals surface area contributed by atoms with Gasteiger partial charge in [-0.1, -0.05) is 45.4 Å². The molecule has 1 aromatic carbocycles. The van der Waals surface area contributed by atoms with Crippen LogP contribution in [-0.2, 0) is 10.9 Å². The summed E-state index contributed by atoms with van der Waals surface area (Å²) in [6, 6.07) is 2.12. The average molecular weight is 334 g/mol. The fourth-order valence-corrected chi connectivity index (χ4v) is 2.18. The second kappa shape index (κ2) is 9.53. The van der Waals surface area contributed by atoms with E-state index >= 15 is 0 Å². The number of unbranched alkanes of at least 4 members (excludes halogenated alkanes) is 6. The zero-order chi connectivity index (χ0) is 17.3. The van der Waals surface area contributed by atoms with Gasteiger partial charge in [-0.15, -0.1) is 0 Å². The SMILES string of the molecule is CCCCCCCCCOC(=O)c1ccc(F)c(C(F)(F)F)c1. The lowest BCUT2D eigenvalue weighted by atomic mass is 10.1. The van der Waals surface area contributed by atoms with Gasteiger partial charge in [0.1, 0.15) is 5.82 Å². The zero-order valence-electron chi connectivity index (χ0n) is 13.2. The number of alkyl halides is 3. The Kier molecular flexibility index (Phi) is 8.06. The van der Waals surface area contributed by atoms with Crippen molar-refractivity contribution in [1.29, 1.82) is 0 Å². The molecule has 0 aliphatic rings. The van der Waals surface area contributed by atoms with Crippen molar-refractivity contribution in [1.82, 2.24) is 0 Å². The van der Waals surface area contributed by atoms with Gasteiger partial charge in [-0.05, 0) is 24.6 Å². The number of hydrogen-bond acceptors (Lipinski definition) is 2. The summed E-state index contributed by atoms with van der Waals surface area (Å²) in [5, 5.41) is 0. The molecule has 2 nitrogen and oxygen atoms in total. The largest absolute Gasteiger partial charge is 0.462 e. The lowest BCUT2D eigenvalue weighted by molar-refractivity contribution is -0.140. The average Bonchev–Trinajstić information content (AvgIpc) is 2.49. The molecule has 0 aromatic heterocycles. The molecule has 6 heteroatoms. The quantitative estimate of drug-likeness (QED) is 0.326. The molecule has 0 bridgehead atoms. The number of benzene rings is 1. The van der Waals surface area contributed by atoms with Gasteiger partial charge in [0.25, 0.3) is 0 Å². The molecular formula is C17H22F4O2. The highest BCUT2D eigenvalue weighted by Crippen LogP contribution is 2.32. The van der Waals surface area contributed by atoms with E-state index < -0.39 is 23.5 Å². The molecule has 0 heterocycles. The molecule has 0 aliphatic carbocycles. The van der Waals surface area contributed by atoms with E-state index in [9.17, 15) is 22.4 Å². The Bertz CT molecular complexity index is 498. The zero-order valence-corrected chi connectivity index (χ0v) is 13.2. The predicted octanol–water partition coefficient (Wildman–Crippen LogP) is 5.75. The predicted molar refractivity (Wildman–Crippen MR) is 79.7 cm³/mol. The molecule has 0 spiro atoms. The van der Waals surface area contributed by atoms with Crippen LogP contribution in [0.3, 0.4) is 0 Å². The van der Waals surface area contributed by atoms with Crippen LogP contribution in [0.1, 0.15) is 67.8 Å². The number of halogens is 4. The van der Waals surface area contributed by atoms with Gasteiger partial charge in [0.15, 0.2) is 0 Å². The van der Waals surface area contributed by atoms with Crippen molar-refractivity contribution in [2.24, 2.45) is 0 Å². The Morgan fingerprint density at radius 3 is 2.26 bits per heavy atom. The van der Waals surface area contributed by atoms with Crippen molar-refractivity contribution in [2.75, 3.05) is 6.61 Å². The number of carbonyl (C=O) groups is 1. The maximum absolute atomic E-state index is 13.1. The minimum absolute atomic E-state index is 0.158. The van der Waals surface area contributed by atoms with Crippen LogP contribution in [0.25, 0.3) is 0 Å². The molecular weight excluding hydrogens is 312 g/mol. The Balaban J connectivity index is 2.38. The Morgan fingerprint density at radius 1 is 1.04 bits per heavy atom. The van der Waals surface area contributed by atoms with E-state index in [1.165, 1.54) is 19.3 Å². The van der Waals surface area contributed by atoms with E-state index in [0.29, 0.717) is 18.6 Å². The molecule has 1 aromatic rings. The number of rotatable bonds is 9. The van der Waals surface area contributed by atoms with E-state index in [1.807, 2.05) is 0 Å². The molecule has 0 fully saturated rings. The second-order valence-corrected chi connectivity index (χ2v) is 5.45. The molecule has 0 saturated carbocycles. The molecule has 130 valence electrons. The molecule has 0 unspecified atom stereocenters. The first kappa shape index (κ1) is 19.5. The third kappa shape index (κ3) is 7.01. The molecule has 0 atom stereocenters. The third-order valence-electron chi connectivity index (χ3n) is 3.49. The Hall–Kier alpha value is -1.59. The summed E-state index contributed by atoms with van der Waals surface area (Å²) in [5.41, 5.74) is -1.75. The highest BCUT2D eigenvalue weighted by Gasteiger charge is 2.34. The molecule has 0 aliphatic heterocycles. The highest BCUT2D eigenvalue weighted by atomic mass is 19.4. The topological polar surface area (TPSA) is 26.3 Å². The molecule has 0 radical (unpaired) electrons. The number of hydrogen-bond donors (Lipinski definition) is 0. The standard InChI is InChI=1S/C17H22F4O2/c1-2-3-4-5-6-7-8-11-23-16(22)13-9-10-15(18)14(12-13)17(19,20)21/h9-10,12H,2-8,11H2,1H3. The van der Waals surface area contributed by atoms with Gasteiger partial charge in [0.2, 0.25) is 0 Å². The molecule has 23 heavy (non-hydrogen) atoms. The molecule has 0 saturated heterocycles. The van der Waals surface area contributed by atoms with Gasteiger partial charge < -0.3 is 4.74 Å². The van der Waals surface area contributed by atoms with E-state index in [-0.39, 0.29) is 12.2 Å². The molecule has 0 N–H and O–H groups in total. The van der Waals surface area contributed by atoms with E-state index in [4.69, 9.17) is 4.74 Å². The minimum Gasteiger partial charge on any atom is -0.462 e. The van der Waals surface area contributed by atoms with Crippen molar-refractivity contribution in [3.8, 4) is 0 Å². The highest BCUT2D eigenvalue weighted by molar-refractivity contribution is 5.89. The van der Waals surface area contributed by atoms with E-state index in [1.54, 1.807) is 0 Å². The summed E-state index contributed by atoms with van der Waals surface area (Å²) in [6.45, 7) is 2.30. The van der Waals surface area contributed by atoms with Gasteiger partial charge in [-0.25, -0.2) is 9.18 Å². The third-order valence-corrected chi connectivity index (χ3v) is 3.49. The van der Waals surface area contributed by atoms with Crippen LogP contribution in [0.5, 0.6) is 0 Å². The van der Waals surface area contributed by atoms with Crippen molar-refractivity contribution < 1.29 is 27.1 Å². The van der Waals surface area contributed by atoms with Crippen LogP contribution in [-0.4, -0.2) is 12.6 Å². The Morgan fingerprint density at radius 2 is 1.65 bits per heavy atom. The van der Waals surface area contributed by atoms with Gasteiger partial charge in [-0.3, -0.25) is 0 Å². The number of ether oxygens (including phenoxy) is 1. The summed E-state index contributed by atoms with van der Waals surface area (Å²) in [7, 11) is 0. The number of esters is 1. The van der Waals surface area contributed by atoms with Crippen molar-refractivity contribution in [3.05, 3.63) is 35.1 Å². The summed E-state index contributed by atoms with van der Waals surface area (Å²) < 4.78 is 55.8. The fourth-order valence-electron chi connectivity index (χ4n) is 2.18. The number of carbonyl (C=O) groups excluding carboxylic acids is 1. The van der Waals surface area contributed by atoms with Crippen LogP contribution in [0.4, 0.5) is 17.6 Å². The van der Waals surface area contributed by atoms with Crippen molar-refractivity contribution in [2.45, 2.75) is 58.0 Å². The Labute approximate surface area is 133 Å². The smallest absolute Gasteiger partial charge is 0.419 e. The summed E-state index contributed by atoms with van der Waals surface area (Å²) in [4.78, 5) is 11.7. The summed E-state index contributed by atoms with van der Waals surface area (Å²) >= 11 is 0. The van der Waals surface area contributed by atoms with Gasteiger partial charge in [-0.2, -0.15) is 13.2 Å². The molecule has 0 amide bonds. The molecule has 1 rings (SSSR count). The fraction of sp³-hybridized carbons (Fsp3) is 0.588. The maximum atomic E-state index is 13.1. The monoisotopic (exact) mass is 334 g/mol. The van der Waals surface area contributed by atoms with Crippen molar-refractivity contribution in [3.63, 3.8) is 0 Å². The summed E-state index contributed by atoms with van der Waals surface area (Å²) in [5.74, 6) is -2.26. The van der Waals surface area contributed by atoms with Gasteiger partial charge in [0, 0.05) is 0 Å². The first-order valence-electron chi connectivity index (χ1n) is 7.90. The normalized spacial score (nSPS) is 11.5. The van der Waals surface area contributed by atoms with E-state index in [2.05, 4.69) is 6.92 Å². The van der Waals surface area contributed by atoms with Crippen molar-refractivity contribution >= 4 is 5.97 Å². The van der Waals surface area contributed by atoms with Gasteiger partial charge in [0.05, 0.1) is 17.7 Å². The summed E-state index contributed by atoms with van der Waals surface area (Å²) in [6.07, 6.45) is 2.50. The van der Waals surface area contributed by atoms with Crippen LogP contribution in [0.2, 0.25) is 0 Å². The first-order chi connectivity index (χ1) is 10.9. The first-order valence-corrected chi connectivity index (χ1v) is 7.90.